The van der Waals surface area contributed by atoms with E-state index < -0.39 is 11.9 Å². The zero-order chi connectivity index (χ0) is 22.0. The summed E-state index contributed by atoms with van der Waals surface area (Å²) in [7, 11) is 1.24. The maximum absolute atomic E-state index is 14.1. The Morgan fingerprint density at radius 3 is 2.68 bits per heavy atom. The van der Waals surface area contributed by atoms with E-state index in [0.29, 0.717) is 47.5 Å². The lowest BCUT2D eigenvalue weighted by molar-refractivity contribution is -0.136. The van der Waals surface area contributed by atoms with E-state index in [0.717, 1.165) is 0 Å². The highest BCUT2D eigenvalue weighted by molar-refractivity contribution is 6.03. The van der Waals surface area contributed by atoms with Crippen LogP contribution >= 0.6 is 0 Å². The van der Waals surface area contributed by atoms with Crippen molar-refractivity contribution in [3.8, 4) is 5.75 Å². The Bertz CT molecular complexity index is 1100. The molecule has 1 aliphatic carbocycles. The van der Waals surface area contributed by atoms with Gasteiger partial charge in [-0.1, -0.05) is 36.4 Å². The van der Waals surface area contributed by atoms with E-state index in [2.05, 4.69) is 0 Å². The number of hydrogen-bond donors (Lipinski definition) is 1. The molecule has 31 heavy (non-hydrogen) atoms. The SMILES string of the molecule is COC(=O)C1=C(N)OC2=C(C(=O)CCC2)C1c1ccccc1OCc1ccccc1F. The van der Waals surface area contributed by atoms with Crippen LogP contribution in [0.1, 0.15) is 36.3 Å². The van der Waals surface area contributed by atoms with Crippen LogP contribution in [-0.2, 0) is 25.7 Å². The summed E-state index contributed by atoms with van der Waals surface area (Å²) in [5.41, 5.74) is 7.49. The number of esters is 1. The van der Waals surface area contributed by atoms with Gasteiger partial charge in [0.05, 0.1) is 13.0 Å². The van der Waals surface area contributed by atoms with Crippen LogP contribution in [0.5, 0.6) is 5.75 Å². The molecule has 0 aromatic heterocycles. The van der Waals surface area contributed by atoms with Gasteiger partial charge in [-0.05, 0) is 18.6 Å². The number of halogens is 1. The van der Waals surface area contributed by atoms with Crippen LogP contribution in [0.15, 0.2) is 71.3 Å². The first kappa shape index (κ1) is 20.7. The number of allylic oxidation sites excluding steroid dienone is 2. The molecule has 1 atom stereocenters. The summed E-state index contributed by atoms with van der Waals surface area (Å²) in [5.74, 6) is -1.17. The summed E-state index contributed by atoms with van der Waals surface area (Å²) in [6.07, 6.45) is 1.55. The van der Waals surface area contributed by atoms with Crippen molar-refractivity contribution in [3.63, 3.8) is 0 Å². The first-order valence-corrected chi connectivity index (χ1v) is 9.98. The number of para-hydroxylation sites is 1. The Kier molecular flexibility index (Phi) is 5.75. The van der Waals surface area contributed by atoms with Gasteiger partial charge in [0, 0.05) is 29.5 Å². The molecule has 1 heterocycles. The molecule has 2 aromatic rings. The van der Waals surface area contributed by atoms with E-state index in [1.165, 1.54) is 13.2 Å². The van der Waals surface area contributed by atoms with Crippen LogP contribution in [0.4, 0.5) is 4.39 Å². The summed E-state index contributed by atoms with van der Waals surface area (Å²) < 4.78 is 30.6. The predicted octanol–water partition coefficient (Wildman–Crippen LogP) is 3.87. The summed E-state index contributed by atoms with van der Waals surface area (Å²) in [5, 5.41) is 0. The lowest BCUT2D eigenvalue weighted by Gasteiger charge is -2.32. The highest BCUT2D eigenvalue weighted by Crippen LogP contribution is 2.46. The third-order valence-corrected chi connectivity index (χ3v) is 5.46. The van der Waals surface area contributed by atoms with Crippen LogP contribution in [0, 0.1) is 5.82 Å². The monoisotopic (exact) mass is 423 g/mol. The molecular weight excluding hydrogens is 401 g/mol. The number of methoxy groups -OCH3 is 1. The van der Waals surface area contributed by atoms with Crippen molar-refractivity contribution in [2.24, 2.45) is 5.73 Å². The topological polar surface area (TPSA) is 87.9 Å². The third kappa shape index (κ3) is 3.91. The highest BCUT2D eigenvalue weighted by Gasteiger charge is 2.42. The fraction of sp³-hybridized carbons (Fsp3) is 0.250. The fourth-order valence-electron chi connectivity index (χ4n) is 4.00. The first-order valence-electron chi connectivity index (χ1n) is 9.98. The minimum atomic E-state index is -0.791. The Balaban J connectivity index is 1.79. The third-order valence-electron chi connectivity index (χ3n) is 5.46. The van der Waals surface area contributed by atoms with E-state index in [9.17, 15) is 14.0 Å². The average Bonchev–Trinajstić information content (AvgIpc) is 2.77. The molecule has 1 aliphatic heterocycles. The van der Waals surface area contributed by atoms with Crippen molar-refractivity contribution >= 4 is 11.8 Å². The highest BCUT2D eigenvalue weighted by atomic mass is 19.1. The van der Waals surface area contributed by atoms with Gasteiger partial charge >= 0.3 is 5.97 Å². The van der Waals surface area contributed by atoms with Crippen molar-refractivity contribution in [1.82, 2.24) is 0 Å². The van der Waals surface area contributed by atoms with Crippen LogP contribution in [0.25, 0.3) is 0 Å². The van der Waals surface area contributed by atoms with E-state index in [1.807, 2.05) is 0 Å². The standard InChI is InChI=1S/C24H22FNO5/c1-29-24(28)22-20(21-17(27)10-6-12-19(21)31-23(22)26)15-8-3-5-11-18(15)30-13-14-7-2-4-9-16(14)25/h2-5,7-9,11,20H,6,10,12-13,26H2,1H3. The average molecular weight is 423 g/mol. The minimum absolute atomic E-state index is 0.0144. The summed E-state index contributed by atoms with van der Waals surface area (Å²) >= 11 is 0. The molecule has 2 aromatic carbocycles. The quantitative estimate of drug-likeness (QED) is 0.735. The zero-order valence-corrected chi connectivity index (χ0v) is 17.0. The van der Waals surface area contributed by atoms with Gasteiger partial charge in [0.2, 0.25) is 5.88 Å². The Morgan fingerprint density at radius 1 is 1.16 bits per heavy atom. The van der Waals surface area contributed by atoms with Gasteiger partial charge < -0.3 is 19.9 Å². The van der Waals surface area contributed by atoms with Crippen molar-refractivity contribution in [2.45, 2.75) is 31.8 Å². The van der Waals surface area contributed by atoms with E-state index in [4.69, 9.17) is 19.9 Å². The summed E-state index contributed by atoms with van der Waals surface area (Å²) in [6.45, 7) is -0.0144. The molecule has 6 nitrogen and oxygen atoms in total. The lowest BCUT2D eigenvalue weighted by Crippen LogP contribution is -2.31. The van der Waals surface area contributed by atoms with Gasteiger partial charge in [0.25, 0.3) is 0 Å². The molecule has 0 radical (unpaired) electrons. The fourth-order valence-corrected chi connectivity index (χ4v) is 4.00. The van der Waals surface area contributed by atoms with Crippen LogP contribution in [-0.4, -0.2) is 18.9 Å². The number of ketones is 1. The number of carbonyl (C=O) groups is 2. The second-order valence-electron chi connectivity index (χ2n) is 7.34. The van der Waals surface area contributed by atoms with Crippen molar-refractivity contribution < 1.29 is 28.2 Å². The van der Waals surface area contributed by atoms with Crippen molar-refractivity contribution in [3.05, 3.63) is 88.3 Å². The Labute approximate surface area is 179 Å². The molecule has 2 aliphatic rings. The predicted molar refractivity (Wildman–Crippen MR) is 110 cm³/mol. The maximum atomic E-state index is 14.1. The second kappa shape index (κ2) is 8.63. The smallest absolute Gasteiger partial charge is 0.340 e. The normalized spacial score (nSPS) is 18.4. The largest absolute Gasteiger partial charge is 0.488 e. The number of nitrogens with two attached hydrogens (primary N) is 1. The van der Waals surface area contributed by atoms with E-state index >= 15 is 0 Å². The number of carbonyl (C=O) groups excluding carboxylic acids is 2. The lowest BCUT2D eigenvalue weighted by atomic mass is 9.77. The molecular formula is C24H22FNO5. The molecule has 2 N–H and O–H groups in total. The molecule has 0 amide bonds. The summed E-state index contributed by atoms with van der Waals surface area (Å²) in [6, 6.07) is 13.3. The van der Waals surface area contributed by atoms with Gasteiger partial charge in [0.1, 0.15) is 29.5 Å². The van der Waals surface area contributed by atoms with Crippen LogP contribution in [0.2, 0.25) is 0 Å². The molecule has 0 saturated heterocycles. The molecule has 0 bridgehead atoms. The summed E-state index contributed by atoms with van der Waals surface area (Å²) in [4.78, 5) is 25.5. The van der Waals surface area contributed by atoms with Gasteiger partial charge in [-0.15, -0.1) is 0 Å². The van der Waals surface area contributed by atoms with Crippen molar-refractivity contribution in [1.29, 1.82) is 0 Å². The van der Waals surface area contributed by atoms with Gasteiger partial charge in [-0.25, -0.2) is 9.18 Å². The zero-order valence-electron chi connectivity index (χ0n) is 17.0. The minimum Gasteiger partial charge on any atom is -0.488 e. The number of ether oxygens (including phenoxy) is 3. The molecule has 0 saturated carbocycles. The number of benzene rings is 2. The van der Waals surface area contributed by atoms with Crippen LogP contribution < -0.4 is 10.5 Å². The Morgan fingerprint density at radius 2 is 1.90 bits per heavy atom. The number of rotatable bonds is 5. The molecule has 0 spiro atoms. The van der Waals surface area contributed by atoms with E-state index in [1.54, 1.807) is 42.5 Å². The van der Waals surface area contributed by atoms with Crippen LogP contribution in [0.3, 0.4) is 0 Å². The number of hydrogen-bond acceptors (Lipinski definition) is 6. The molecule has 160 valence electrons. The van der Waals surface area contributed by atoms with Crippen molar-refractivity contribution in [2.75, 3.05) is 7.11 Å². The second-order valence-corrected chi connectivity index (χ2v) is 7.34. The van der Waals surface area contributed by atoms with Gasteiger partial charge in [-0.3, -0.25) is 4.79 Å². The van der Waals surface area contributed by atoms with Gasteiger partial charge in [-0.2, -0.15) is 0 Å². The van der Waals surface area contributed by atoms with E-state index in [-0.39, 0.29) is 29.7 Å². The Hall–Kier alpha value is -3.61. The maximum Gasteiger partial charge on any atom is 0.340 e. The molecule has 4 rings (SSSR count). The van der Waals surface area contributed by atoms with Gasteiger partial charge in [0.15, 0.2) is 5.78 Å². The number of Topliss-reactive ketones (excluding diaryl/α,β-unsaturated/α-hetero) is 1. The molecule has 7 heteroatoms. The first-order chi connectivity index (χ1) is 15.0. The molecule has 0 fully saturated rings. The molecule has 1 unspecified atom stereocenters.